The molecule has 4 nitrogen and oxygen atoms in total. The zero-order chi connectivity index (χ0) is 12.3. The third kappa shape index (κ3) is 2.56. The molecule has 0 aliphatic carbocycles. The van der Waals surface area contributed by atoms with Gasteiger partial charge in [-0.2, -0.15) is 5.10 Å². The second-order valence-corrected chi connectivity index (χ2v) is 4.73. The van der Waals surface area contributed by atoms with Gasteiger partial charge in [0.2, 0.25) is 0 Å². The molecule has 2 aromatic rings. The molecule has 0 fully saturated rings. The Bertz CT molecular complexity index is 490. The molecule has 0 spiro atoms. The Balaban J connectivity index is 2.43. The lowest BCUT2D eigenvalue weighted by Gasteiger charge is -2.07. The third-order valence-corrected chi connectivity index (χ3v) is 3.06. The molecule has 0 unspecified atom stereocenters. The van der Waals surface area contributed by atoms with Gasteiger partial charge in [0.1, 0.15) is 0 Å². The molecule has 0 radical (unpaired) electrons. The molecular weight excluding hydrogens is 280 g/mol. The van der Waals surface area contributed by atoms with Crippen molar-refractivity contribution in [1.82, 2.24) is 14.8 Å². The summed E-state index contributed by atoms with van der Waals surface area (Å²) in [5, 5.41) is 4.36. The maximum absolute atomic E-state index is 5.72. The molecule has 0 bridgehead atoms. The van der Waals surface area contributed by atoms with Gasteiger partial charge in [0.15, 0.2) is 5.82 Å². The fourth-order valence-corrected chi connectivity index (χ4v) is 2.01. The predicted octanol–water partition coefficient (Wildman–Crippen LogP) is 2.44. The Kier molecular flexibility index (Phi) is 3.91. The van der Waals surface area contributed by atoms with E-state index in [0.717, 1.165) is 34.4 Å². The van der Waals surface area contributed by atoms with Crippen molar-refractivity contribution < 1.29 is 0 Å². The van der Waals surface area contributed by atoms with Crippen LogP contribution in [0, 0.1) is 0 Å². The lowest BCUT2D eigenvalue weighted by molar-refractivity contribution is 0.751. The fourth-order valence-electron chi connectivity index (χ4n) is 1.77. The molecule has 2 N–H and O–H groups in total. The van der Waals surface area contributed by atoms with E-state index < -0.39 is 0 Å². The number of nitrogens with zero attached hydrogens (tertiary/aromatic N) is 3. The molecule has 0 saturated heterocycles. The van der Waals surface area contributed by atoms with Crippen molar-refractivity contribution in [2.24, 2.45) is 5.73 Å². The summed E-state index contributed by atoms with van der Waals surface area (Å²) in [6.45, 7) is 2.67. The van der Waals surface area contributed by atoms with Gasteiger partial charge in [0.05, 0.1) is 11.9 Å². The normalized spacial score (nSPS) is 10.8. The molecule has 0 saturated carbocycles. The maximum Gasteiger partial charge on any atom is 0.153 e. The number of hydrogen-bond donors (Lipinski definition) is 1. The summed E-state index contributed by atoms with van der Waals surface area (Å²) in [6.07, 6.45) is 5.63. The second-order valence-electron chi connectivity index (χ2n) is 3.82. The van der Waals surface area contributed by atoms with E-state index in [1.807, 2.05) is 23.0 Å². The molecule has 90 valence electrons. The van der Waals surface area contributed by atoms with E-state index in [0.29, 0.717) is 6.54 Å². The van der Waals surface area contributed by atoms with Crippen LogP contribution in [0.2, 0.25) is 0 Å². The van der Waals surface area contributed by atoms with Crippen molar-refractivity contribution in [2.75, 3.05) is 0 Å². The number of aromatic nitrogens is 3. The highest BCUT2D eigenvalue weighted by atomic mass is 79.9. The van der Waals surface area contributed by atoms with E-state index >= 15 is 0 Å². The summed E-state index contributed by atoms with van der Waals surface area (Å²) in [5.41, 5.74) is 7.97. The Morgan fingerprint density at radius 2 is 2.18 bits per heavy atom. The lowest BCUT2D eigenvalue weighted by atomic mass is 10.1. The number of halogens is 1. The van der Waals surface area contributed by atoms with E-state index in [1.54, 1.807) is 6.20 Å². The number of rotatable bonds is 4. The topological polar surface area (TPSA) is 56.7 Å². The van der Waals surface area contributed by atoms with Crippen LogP contribution in [0.1, 0.15) is 24.6 Å². The first-order valence-electron chi connectivity index (χ1n) is 5.64. The Morgan fingerprint density at radius 1 is 1.35 bits per heavy atom. The first kappa shape index (κ1) is 12.3. The average molecular weight is 295 g/mol. The molecule has 2 rings (SSSR count). The monoisotopic (exact) mass is 294 g/mol. The second kappa shape index (κ2) is 5.42. The minimum absolute atomic E-state index is 0.520. The summed E-state index contributed by atoms with van der Waals surface area (Å²) in [4.78, 5) is 4.35. The summed E-state index contributed by atoms with van der Waals surface area (Å²) in [7, 11) is 0. The van der Waals surface area contributed by atoms with E-state index in [1.165, 1.54) is 0 Å². The summed E-state index contributed by atoms with van der Waals surface area (Å²) in [6, 6.07) is 3.90. The first-order chi connectivity index (χ1) is 8.26. The summed E-state index contributed by atoms with van der Waals surface area (Å²) < 4.78 is 2.84. The van der Waals surface area contributed by atoms with Gasteiger partial charge in [-0.05, 0) is 34.5 Å². The molecule has 0 amide bonds. The number of hydrogen-bond acceptors (Lipinski definition) is 3. The van der Waals surface area contributed by atoms with Crippen molar-refractivity contribution >= 4 is 15.9 Å². The van der Waals surface area contributed by atoms with Crippen LogP contribution in [0.3, 0.4) is 0 Å². The lowest BCUT2D eigenvalue weighted by Crippen LogP contribution is -2.07. The Hall–Kier alpha value is -1.20. The number of nitrogens with two attached hydrogens (primary N) is 1. The molecule has 0 aliphatic heterocycles. The van der Waals surface area contributed by atoms with Crippen molar-refractivity contribution in [1.29, 1.82) is 0 Å². The zero-order valence-electron chi connectivity index (χ0n) is 9.73. The minimum Gasteiger partial charge on any atom is -0.326 e. The Morgan fingerprint density at radius 3 is 2.76 bits per heavy atom. The van der Waals surface area contributed by atoms with Gasteiger partial charge >= 0.3 is 0 Å². The predicted molar refractivity (Wildman–Crippen MR) is 70.9 cm³/mol. The van der Waals surface area contributed by atoms with E-state index in [2.05, 4.69) is 32.9 Å². The standard InChI is InChI=1S/C12H15BrN4/c1-2-3-11-9(6-14)7-16-17(11)12-5-4-10(13)8-15-12/h4-5,7-8H,2-3,6,14H2,1H3. The van der Waals surface area contributed by atoms with Gasteiger partial charge in [-0.3, -0.25) is 0 Å². The van der Waals surface area contributed by atoms with E-state index in [9.17, 15) is 0 Å². The van der Waals surface area contributed by atoms with Gasteiger partial charge in [0.25, 0.3) is 0 Å². The van der Waals surface area contributed by atoms with Crippen molar-refractivity contribution in [3.8, 4) is 5.82 Å². The largest absolute Gasteiger partial charge is 0.326 e. The Labute approximate surface area is 109 Å². The molecule has 0 aromatic carbocycles. The molecule has 17 heavy (non-hydrogen) atoms. The van der Waals surface area contributed by atoms with E-state index in [4.69, 9.17) is 5.73 Å². The van der Waals surface area contributed by atoms with Crippen LogP contribution in [0.4, 0.5) is 0 Å². The van der Waals surface area contributed by atoms with Gasteiger partial charge in [-0.25, -0.2) is 9.67 Å². The minimum atomic E-state index is 0.520. The zero-order valence-corrected chi connectivity index (χ0v) is 11.3. The average Bonchev–Trinajstić information content (AvgIpc) is 2.74. The van der Waals surface area contributed by atoms with Crippen molar-refractivity contribution in [2.45, 2.75) is 26.3 Å². The highest BCUT2D eigenvalue weighted by Gasteiger charge is 2.10. The van der Waals surface area contributed by atoms with Crippen LogP contribution < -0.4 is 5.73 Å². The highest BCUT2D eigenvalue weighted by Crippen LogP contribution is 2.16. The molecule has 2 heterocycles. The molecule has 0 atom stereocenters. The van der Waals surface area contributed by atoms with Crippen LogP contribution in [-0.4, -0.2) is 14.8 Å². The molecule has 0 aliphatic rings. The third-order valence-electron chi connectivity index (χ3n) is 2.59. The van der Waals surface area contributed by atoms with Crippen molar-refractivity contribution in [3.05, 3.63) is 40.3 Å². The van der Waals surface area contributed by atoms with Gasteiger partial charge in [-0.15, -0.1) is 0 Å². The molecule has 2 aromatic heterocycles. The highest BCUT2D eigenvalue weighted by molar-refractivity contribution is 9.10. The fraction of sp³-hybridized carbons (Fsp3) is 0.333. The van der Waals surface area contributed by atoms with Gasteiger partial charge in [0, 0.05) is 22.8 Å². The van der Waals surface area contributed by atoms with Crippen LogP contribution in [0.25, 0.3) is 5.82 Å². The van der Waals surface area contributed by atoms with Crippen LogP contribution in [0.5, 0.6) is 0 Å². The van der Waals surface area contributed by atoms with Crippen LogP contribution >= 0.6 is 15.9 Å². The van der Waals surface area contributed by atoms with Gasteiger partial charge < -0.3 is 5.73 Å². The van der Waals surface area contributed by atoms with Crippen LogP contribution in [0.15, 0.2) is 29.0 Å². The van der Waals surface area contributed by atoms with Gasteiger partial charge in [-0.1, -0.05) is 13.3 Å². The smallest absolute Gasteiger partial charge is 0.153 e. The van der Waals surface area contributed by atoms with Crippen molar-refractivity contribution in [3.63, 3.8) is 0 Å². The van der Waals surface area contributed by atoms with E-state index in [-0.39, 0.29) is 0 Å². The SMILES string of the molecule is CCCc1c(CN)cnn1-c1ccc(Br)cn1. The van der Waals surface area contributed by atoms with Crippen LogP contribution in [-0.2, 0) is 13.0 Å². The summed E-state index contributed by atoms with van der Waals surface area (Å²) in [5.74, 6) is 0.830. The number of pyridine rings is 1. The first-order valence-corrected chi connectivity index (χ1v) is 6.43. The summed E-state index contributed by atoms with van der Waals surface area (Å²) >= 11 is 3.37. The molecular formula is C12H15BrN4. The maximum atomic E-state index is 5.72. The molecule has 5 heteroatoms. The quantitative estimate of drug-likeness (QED) is 0.942.